The molecule has 0 heterocycles. The summed E-state index contributed by atoms with van der Waals surface area (Å²) in [5.74, 6) is 1.90. The minimum Gasteiger partial charge on any atom is -0.491 e. The lowest BCUT2D eigenvalue weighted by atomic mass is 9.69. The Morgan fingerprint density at radius 3 is 1.87 bits per heavy atom. The normalized spacial score (nSPS) is 15.7. The van der Waals surface area contributed by atoms with E-state index in [1.165, 1.54) is 0 Å². The lowest BCUT2D eigenvalue weighted by Crippen LogP contribution is -2.42. The van der Waals surface area contributed by atoms with E-state index in [1.807, 2.05) is 30.3 Å². The predicted molar refractivity (Wildman–Crippen MR) is 130 cm³/mol. The molecular formula is C27H48O4. The van der Waals surface area contributed by atoms with Gasteiger partial charge in [-0.15, -0.1) is 0 Å². The highest BCUT2D eigenvalue weighted by atomic mass is 16.5. The average molecular weight is 437 g/mol. The van der Waals surface area contributed by atoms with Crippen molar-refractivity contribution in [1.29, 1.82) is 0 Å². The van der Waals surface area contributed by atoms with Crippen molar-refractivity contribution in [2.75, 3.05) is 33.5 Å². The Balaban J connectivity index is 2.74. The lowest BCUT2D eigenvalue weighted by molar-refractivity contribution is -0.0937. The van der Waals surface area contributed by atoms with E-state index in [4.69, 9.17) is 18.9 Å². The van der Waals surface area contributed by atoms with Crippen LogP contribution >= 0.6 is 0 Å². The third kappa shape index (κ3) is 10.4. The summed E-state index contributed by atoms with van der Waals surface area (Å²) in [6.45, 7) is 20.8. The fourth-order valence-electron chi connectivity index (χ4n) is 3.77. The Kier molecular flexibility index (Phi) is 12.1. The monoisotopic (exact) mass is 436 g/mol. The lowest BCUT2D eigenvalue weighted by Gasteiger charge is -2.43. The number of benzene rings is 1. The first-order valence-corrected chi connectivity index (χ1v) is 11.9. The molecule has 1 rings (SSSR count). The molecule has 0 fully saturated rings. The van der Waals surface area contributed by atoms with Crippen LogP contribution in [0.2, 0.25) is 0 Å². The molecule has 180 valence electrons. The van der Waals surface area contributed by atoms with E-state index in [9.17, 15) is 0 Å². The molecule has 0 amide bonds. The molecule has 1 aromatic carbocycles. The van der Waals surface area contributed by atoms with Crippen LogP contribution in [0.1, 0.15) is 68.2 Å². The van der Waals surface area contributed by atoms with Gasteiger partial charge in [-0.05, 0) is 47.6 Å². The van der Waals surface area contributed by atoms with Crippen molar-refractivity contribution in [1.82, 2.24) is 0 Å². The molecule has 0 saturated heterocycles. The second kappa shape index (κ2) is 13.4. The van der Waals surface area contributed by atoms with Gasteiger partial charge in [0, 0.05) is 7.11 Å². The van der Waals surface area contributed by atoms with E-state index in [2.05, 4.69) is 55.4 Å². The van der Waals surface area contributed by atoms with Gasteiger partial charge in [-0.3, -0.25) is 0 Å². The van der Waals surface area contributed by atoms with E-state index in [0.717, 1.165) is 18.6 Å². The van der Waals surface area contributed by atoms with Crippen LogP contribution in [0.4, 0.5) is 0 Å². The maximum atomic E-state index is 6.44. The first kappa shape index (κ1) is 27.9. The minimum atomic E-state index is 0.0190. The van der Waals surface area contributed by atoms with Crippen molar-refractivity contribution in [2.24, 2.45) is 22.7 Å². The van der Waals surface area contributed by atoms with E-state index in [1.54, 1.807) is 7.11 Å². The molecule has 0 aromatic heterocycles. The van der Waals surface area contributed by atoms with Crippen molar-refractivity contribution >= 4 is 0 Å². The van der Waals surface area contributed by atoms with Crippen molar-refractivity contribution in [3.8, 4) is 5.75 Å². The quantitative estimate of drug-likeness (QED) is 0.289. The molecule has 0 aliphatic rings. The van der Waals surface area contributed by atoms with Crippen LogP contribution in [0.3, 0.4) is 0 Å². The molecule has 1 aromatic rings. The molecule has 4 nitrogen and oxygen atoms in total. The van der Waals surface area contributed by atoms with Gasteiger partial charge in [0.1, 0.15) is 12.4 Å². The van der Waals surface area contributed by atoms with Gasteiger partial charge in [-0.25, -0.2) is 0 Å². The Bertz CT molecular complexity index is 577. The van der Waals surface area contributed by atoms with Crippen molar-refractivity contribution in [2.45, 2.75) is 80.4 Å². The topological polar surface area (TPSA) is 36.9 Å². The molecular weight excluding hydrogens is 388 g/mol. The summed E-state index contributed by atoms with van der Waals surface area (Å²) in [7, 11) is 1.72. The molecule has 0 saturated carbocycles. The standard InChI is InChI=1S/C27H48O4/c1-21(2)19-25(31-18-17-29-23-13-11-10-12-14-23)27(7,8)22(3)20-24(26(4,5)6)30-16-15-28-9/h10-14,21-22,24-25H,15-20H2,1-9H3. The Morgan fingerprint density at radius 1 is 0.742 bits per heavy atom. The first-order valence-electron chi connectivity index (χ1n) is 11.9. The number of para-hydroxylation sites is 1. The number of hydrogen-bond donors (Lipinski definition) is 0. The fourth-order valence-corrected chi connectivity index (χ4v) is 3.77. The molecule has 4 heteroatoms. The zero-order chi connectivity index (χ0) is 23.5. The maximum absolute atomic E-state index is 6.44. The number of ether oxygens (including phenoxy) is 4. The Morgan fingerprint density at radius 2 is 1.32 bits per heavy atom. The number of rotatable bonds is 15. The average Bonchev–Trinajstić information content (AvgIpc) is 2.69. The molecule has 0 radical (unpaired) electrons. The first-order chi connectivity index (χ1) is 14.5. The highest BCUT2D eigenvalue weighted by Gasteiger charge is 2.39. The summed E-state index contributed by atoms with van der Waals surface area (Å²) in [6, 6.07) is 9.93. The van der Waals surface area contributed by atoms with Crippen LogP contribution < -0.4 is 4.74 Å². The highest BCUT2D eigenvalue weighted by molar-refractivity contribution is 5.20. The minimum absolute atomic E-state index is 0.0190. The van der Waals surface area contributed by atoms with E-state index < -0.39 is 0 Å². The summed E-state index contributed by atoms with van der Waals surface area (Å²) in [5, 5.41) is 0. The molecule has 0 spiro atoms. The molecule has 0 aliphatic heterocycles. The fraction of sp³-hybridized carbons (Fsp3) is 0.778. The molecule has 0 bridgehead atoms. The van der Waals surface area contributed by atoms with Gasteiger partial charge in [-0.1, -0.05) is 73.6 Å². The van der Waals surface area contributed by atoms with E-state index >= 15 is 0 Å². The second-order valence-corrected chi connectivity index (χ2v) is 10.8. The summed E-state index contributed by atoms with van der Waals surface area (Å²) in [4.78, 5) is 0. The van der Waals surface area contributed by atoms with Gasteiger partial charge in [0.05, 0.1) is 32.0 Å². The second-order valence-electron chi connectivity index (χ2n) is 10.8. The van der Waals surface area contributed by atoms with Crippen LogP contribution in [-0.4, -0.2) is 45.7 Å². The summed E-state index contributed by atoms with van der Waals surface area (Å²) < 4.78 is 23.7. The van der Waals surface area contributed by atoms with Gasteiger partial charge in [-0.2, -0.15) is 0 Å². The van der Waals surface area contributed by atoms with Gasteiger partial charge in [0.2, 0.25) is 0 Å². The molecule has 31 heavy (non-hydrogen) atoms. The van der Waals surface area contributed by atoms with Crippen molar-refractivity contribution in [3.63, 3.8) is 0 Å². The third-order valence-electron chi connectivity index (χ3n) is 6.34. The zero-order valence-electron chi connectivity index (χ0n) is 21.6. The van der Waals surface area contributed by atoms with E-state index in [0.29, 0.717) is 38.3 Å². The van der Waals surface area contributed by atoms with Gasteiger partial charge in [0.25, 0.3) is 0 Å². The van der Waals surface area contributed by atoms with Crippen LogP contribution in [0.15, 0.2) is 30.3 Å². The highest BCUT2D eigenvalue weighted by Crippen LogP contribution is 2.41. The summed E-state index contributed by atoms with van der Waals surface area (Å²) >= 11 is 0. The van der Waals surface area contributed by atoms with E-state index in [-0.39, 0.29) is 23.0 Å². The smallest absolute Gasteiger partial charge is 0.119 e. The molecule has 3 unspecified atom stereocenters. The number of methoxy groups -OCH3 is 1. The van der Waals surface area contributed by atoms with Crippen LogP contribution in [0.25, 0.3) is 0 Å². The van der Waals surface area contributed by atoms with Crippen molar-refractivity contribution < 1.29 is 18.9 Å². The Hall–Kier alpha value is -1.10. The predicted octanol–water partition coefficient (Wildman–Crippen LogP) is 6.63. The van der Waals surface area contributed by atoms with Gasteiger partial charge in [0.15, 0.2) is 0 Å². The Labute approximate surface area is 192 Å². The largest absolute Gasteiger partial charge is 0.491 e. The molecule has 3 atom stereocenters. The summed E-state index contributed by atoms with van der Waals surface area (Å²) in [5.41, 5.74) is 0.0984. The van der Waals surface area contributed by atoms with Crippen LogP contribution in [0, 0.1) is 22.7 Å². The van der Waals surface area contributed by atoms with Gasteiger partial charge >= 0.3 is 0 Å². The third-order valence-corrected chi connectivity index (χ3v) is 6.34. The maximum Gasteiger partial charge on any atom is 0.119 e. The summed E-state index contributed by atoms with van der Waals surface area (Å²) in [6.07, 6.45) is 2.38. The van der Waals surface area contributed by atoms with Crippen LogP contribution in [-0.2, 0) is 14.2 Å². The SMILES string of the molecule is COCCOC(CC(C)C(C)(C)C(CC(C)C)OCCOc1ccccc1)C(C)(C)C. The molecule has 0 N–H and O–H groups in total. The number of hydrogen-bond acceptors (Lipinski definition) is 4. The van der Waals surface area contributed by atoms with Crippen LogP contribution in [0.5, 0.6) is 5.75 Å². The van der Waals surface area contributed by atoms with Crippen molar-refractivity contribution in [3.05, 3.63) is 30.3 Å². The molecule has 0 aliphatic carbocycles. The zero-order valence-corrected chi connectivity index (χ0v) is 21.6. The van der Waals surface area contributed by atoms with Gasteiger partial charge < -0.3 is 18.9 Å².